The predicted molar refractivity (Wildman–Crippen MR) is 153 cm³/mol. The standard InChI is InChI=1S/C28H28BrClFN7/c1-16(2)38-7-5-17(6-8-38)26-12-21(36-37-26)15-33-20-9-22-27(35-19-3-4-25(31)24(30)11-19)18(13-32)14-34-28(22)23(29)10-20/h3-4,9-12,14,16-17,33H,5-8,15H2,1-2H3,(H,34,35)(H,36,37). The van der Waals surface area contributed by atoms with E-state index in [2.05, 4.69) is 72.6 Å². The van der Waals surface area contributed by atoms with Crippen molar-refractivity contribution in [2.24, 2.45) is 0 Å². The van der Waals surface area contributed by atoms with Crippen LogP contribution in [-0.4, -0.2) is 39.2 Å². The largest absolute Gasteiger partial charge is 0.379 e. The Morgan fingerprint density at radius 2 is 2.00 bits per heavy atom. The summed E-state index contributed by atoms with van der Waals surface area (Å²) in [7, 11) is 0. The smallest absolute Gasteiger partial charge is 0.141 e. The second kappa shape index (κ2) is 11.3. The molecular weight excluding hydrogens is 569 g/mol. The van der Waals surface area contributed by atoms with Crippen LogP contribution >= 0.6 is 27.5 Å². The van der Waals surface area contributed by atoms with Gasteiger partial charge in [0, 0.05) is 39.4 Å². The summed E-state index contributed by atoms with van der Waals surface area (Å²) in [5.41, 5.74) is 5.18. The first-order valence-electron chi connectivity index (χ1n) is 12.6. The van der Waals surface area contributed by atoms with Gasteiger partial charge in [-0.25, -0.2) is 4.39 Å². The summed E-state index contributed by atoms with van der Waals surface area (Å²) in [6.45, 7) is 7.27. The molecule has 2 aromatic carbocycles. The number of hydrogen-bond donors (Lipinski definition) is 3. The van der Waals surface area contributed by atoms with Gasteiger partial charge >= 0.3 is 0 Å². The van der Waals surface area contributed by atoms with Gasteiger partial charge in [-0.15, -0.1) is 0 Å². The van der Waals surface area contributed by atoms with E-state index in [-0.39, 0.29) is 5.02 Å². The number of aromatic nitrogens is 3. The lowest BCUT2D eigenvalue weighted by Crippen LogP contribution is -2.37. The normalized spacial score (nSPS) is 14.7. The Morgan fingerprint density at radius 1 is 1.21 bits per heavy atom. The Hall–Kier alpha value is -3.19. The van der Waals surface area contributed by atoms with Crippen molar-refractivity contribution in [3.63, 3.8) is 0 Å². The van der Waals surface area contributed by atoms with Gasteiger partial charge in [-0.3, -0.25) is 10.1 Å². The molecule has 2 aromatic heterocycles. The van der Waals surface area contributed by atoms with E-state index in [9.17, 15) is 9.65 Å². The van der Waals surface area contributed by atoms with Crippen molar-refractivity contribution >= 4 is 55.5 Å². The van der Waals surface area contributed by atoms with E-state index in [4.69, 9.17) is 11.6 Å². The molecule has 1 aliphatic rings. The first-order chi connectivity index (χ1) is 18.3. The van der Waals surface area contributed by atoms with E-state index < -0.39 is 5.82 Å². The van der Waals surface area contributed by atoms with Crippen LogP contribution in [0.15, 0.2) is 47.1 Å². The summed E-state index contributed by atoms with van der Waals surface area (Å²) >= 11 is 9.60. The number of pyridine rings is 1. The monoisotopic (exact) mass is 595 g/mol. The second-order valence-corrected chi connectivity index (χ2v) is 11.1. The number of nitriles is 1. The molecule has 0 bridgehead atoms. The number of nitrogens with zero attached hydrogens (tertiary/aromatic N) is 4. The average molecular weight is 597 g/mol. The number of hydrogen-bond acceptors (Lipinski definition) is 6. The van der Waals surface area contributed by atoms with E-state index in [0.717, 1.165) is 52.9 Å². The van der Waals surface area contributed by atoms with Crippen LogP contribution in [0, 0.1) is 17.1 Å². The van der Waals surface area contributed by atoms with E-state index in [1.54, 1.807) is 6.07 Å². The van der Waals surface area contributed by atoms with Gasteiger partial charge in [0.2, 0.25) is 0 Å². The summed E-state index contributed by atoms with van der Waals surface area (Å²) in [6, 6.07) is 13.2. The summed E-state index contributed by atoms with van der Waals surface area (Å²) in [6.07, 6.45) is 3.76. The van der Waals surface area contributed by atoms with Crippen molar-refractivity contribution in [3.05, 3.63) is 74.9 Å². The van der Waals surface area contributed by atoms with Gasteiger partial charge < -0.3 is 15.5 Å². The summed E-state index contributed by atoms with van der Waals surface area (Å²) in [5, 5.41) is 25.0. The van der Waals surface area contributed by atoms with Crippen LogP contribution in [0.3, 0.4) is 0 Å². The summed E-state index contributed by atoms with van der Waals surface area (Å²) in [5.74, 6) is -0.0246. The van der Waals surface area contributed by atoms with Crippen molar-refractivity contribution in [2.45, 2.75) is 45.2 Å². The molecule has 0 spiro atoms. The maximum Gasteiger partial charge on any atom is 0.141 e. The number of fused-ring (bicyclic) bond motifs is 1. The van der Waals surface area contributed by atoms with Crippen molar-refractivity contribution in [1.82, 2.24) is 20.1 Å². The molecule has 0 aliphatic carbocycles. The molecule has 0 radical (unpaired) electrons. The molecule has 1 aliphatic heterocycles. The molecule has 3 heterocycles. The van der Waals surface area contributed by atoms with Crippen LogP contribution in [0.25, 0.3) is 10.9 Å². The number of nitrogens with one attached hydrogen (secondary N) is 3. The van der Waals surface area contributed by atoms with Crippen LogP contribution in [-0.2, 0) is 6.54 Å². The zero-order chi connectivity index (χ0) is 26.8. The number of anilines is 3. The number of H-pyrrole nitrogens is 1. The Labute approximate surface area is 234 Å². The van der Waals surface area contributed by atoms with Gasteiger partial charge in [0.1, 0.15) is 11.9 Å². The third-order valence-corrected chi connectivity index (χ3v) is 7.94. The molecule has 5 rings (SSSR count). The van der Waals surface area contributed by atoms with E-state index in [0.29, 0.717) is 41.0 Å². The van der Waals surface area contributed by atoms with Gasteiger partial charge in [-0.05, 0) is 92.1 Å². The highest BCUT2D eigenvalue weighted by atomic mass is 79.9. The highest BCUT2D eigenvalue weighted by Gasteiger charge is 2.24. The van der Waals surface area contributed by atoms with Crippen LogP contribution in [0.5, 0.6) is 0 Å². The molecular formula is C28H28BrClFN7. The van der Waals surface area contributed by atoms with Crippen LogP contribution in [0.2, 0.25) is 5.02 Å². The average Bonchev–Trinajstić information content (AvgIpc) is 3.39. The summed E-state index contributed by atoms with van der Waals surface area (Å²) in [4.78, 5) is 6.99. The molecule has 0 saturated carbocycles. The fourth-order valence-electron chi connectivity index (χ4n) is 4.89. The maximum absolute atomic E-state index is 13.7. The molecule has 7 nitrogen and oxygen atoms in total. The van der Waals surface area contributed by atoms with Crippen molar-refractivity contribution in [1.29, 1.82) is 5.26 Å². The molecule has 3 N–H and O–H groups in total. The highest BCUT2D eigenvalue weighted by Crippen LogP contribution is 2.36. The van der Waals surface area contributed by atoms with Crippen LogP contribution < -0.4 is 10.6 Å². The lowest BCUT2D eigenvalue weighted by Gasteiger charge is -2.33. The Bertz CT molecular complexity index is 1510. The topological polar surface area (TPSA) is 92.7 Å². The lowest BCUT2D eigenvalue weighted by molar-refractivity contribution is 0.171. The fourth-order valence-corrected chi connectivity index (χ4v) is 5.63. The number of piperidine rings is 1. The Kier molecular flexibility index (Phi) is 7.84. The van der Waals surface area contributed by atoms with Gasteiger partial charge in [0.15, 0.2) is 0 Å². The number of benzene rings is 2. The fraction of sp³-hybridized carbons (Fsp3) is 0.321. The predicted octanol–water partition coefficient (Wildman–Crippen LogP) is 7.33. The van der Waals surface area contributed by atoms with Crippen LogP contribution in [0.1, 0.15) is 49.6 Å². The number of rotatable bonds is 7. The van der Waals surface area contributed by atoms with Gasteiger partial charge in [0.25, 0.3) is 0 Å². The minimum Gasteiger partial charge on any atom is -0.379 e. The summed E-state index contributed by atoms with van der Waals surface area (Å²) < 4.78 is 14.5. The zero-order valence-electron chi connectivity index (χ0n) is 21.2. The van der Waals surface area contributed by atoms with Crippen molar-refractivity contribution in [2.75, 3.05) is 23.7 Å². The van der Waals surface area contributed by atoms with E-state index in [1.165, 1.54) is 18.3 Å². The first kappa shape index (κ1) is 26.4. The Morgan fingerprint density at radius 3 is 2.71 bits per heavy atom. The number of halogens is 3. The minimum atomic E-state index is -0.505. The van der Waals surface area contributed by atoms with Gasteiger partial charge in [-0.1, -0.05) is 11.6 Å². The molecule has 4 aromatic rings. The number of aromatic amines is 1. The van der Waals surface area contributed by atoms with E-state index in [1.807, 2.05) is 12.1 Å². The molecule has 1 saturated heterocycles. The Balaban J connectivity index is 1.36. The molecule has 196 valence electrons. The quantitative estimate of drug-likeness (QED) is 0.207. The third kappa shape index (κ3) is 5.63. The highest BCUT2D eigenvalue weighted by molar-refractivity contribution is 9.10. The zero-order valence-corrected chi connectivity index (χ0v) is 23.5. The molecule has 1 fully saturated rings. The van der Waals surface area contributed by atoms with Gasteiger partial charge in [0.05, 0.1) is 39.7 Å². The maximum atomic E-state index is 13.7. The molecule has 0 atom stereocenters. The van der Waals surface area contributed by atoms with Crippen molar-refractivity contribution in [3.8, 4) is 6.07 Å². The van der Waals surface area contributed by atoms with Crippen molar-refractivity contribution < 1.29 is 4.39 Å². The SMILES string of the molecule is CC(C)N1CCC(c2cc(CNc3cc(Br)c4ncc(C#N)c(Nc5ccc(F)c(Cl)c5)c4c3)[nH]n2)CC1. The molecule has 38 heavy (non-hydrogen) atoms. The van der Waals surface area contributed by atoms with E-state index >= 15 is 0 Å². The lowest BCUT2D eigenvalue weighted by atomic mass is 9.93. The van der Waals surface area contributed by atoms with Crippen LogP contribution in [0.4, 0.5) is 21.5 Å². The number of likely N-dealkylation sites (tertiary alicyclic amines) is 1. The minimum absolute atomic E-state index is 0.000179. The second-order valence-electron chi connectivity index (χ2n) is 9.84. The molecule has 0 unspecified atom stereocenters. The third-order valence-electron chi connectivity index (χ3n) is 7.05. The molecule has 0 amide bonds. The van der Waals surface area contributed by atoms with Gasteiger partial charge in [-0.2, -0.15) is 10.4 Å². The molecule has 10 heteroatoms. The first-order valence-corrected chi connectivity index (χ1v) is 13.8.